The van der Waals surface area contributed by atoms with Crippen LogP contribution in [0.15, 0.2) is 30.5 Å². The quantitative estimate of drug-likeness (QED) is 0.854. The molecule has 3 atom stereocenters. The van der Waals surface area contributed by atoms with Crippen molar-refractivity contribution in [3.63, 3.8) is 0 Å². The second-order valence-electron chi connectivity index (χ2n) is 8.09. The zero-order valence-corrected chi connectivity index (χ0v) is 13.4. The third kappa shape index (κ3) is 1.88. The van der Waals surface area contributed by atoms with Gasteiger partial charge in [0, 0.05) is 29.7 Å². The minimum Gasteiger partial charge on any atom is -0.361 e. The van der Waals surface area contributed by atoms with E-state index in [4.69, 9.17) is 0 Å². The summed E-state index contributed by atoms with van der Waals surface area (Å²) in [5, 5.41) is 5.28. The summed E-state index contributed by atoms with van der Waals surface area (Å²) in [4.78, 5) is 3.39. The van der Waals surface area contributed by atoms with E-state index in [-0.39, 0.29) is 0 Å². The van der Waals surface area contributed by atoms with Crippen molar-refractivity contribution in [3.05, 3.63) is 36.0 Å². The fraction of sp³-hybridized carbons (Fsp3) is 0.579. The number of hydrogen-bond donors (Lipinski definition) is 2. The molecule has 1 heterocycles. The first-order valence-corrected chi connectivity index (χ1v) is 8.29. The lowest BCUT2D eigenvalue weighted by molar-refractivity contribution is 0.108. The number of aromatic amines is 1. The predicted octanol–water partition coefficient (Wildman–Crippen LogP) is 4.47. The van der Waals surface area contributed by atoms with Crippen molar-refractivity contribution >= 4 is 10.9 Å². The van der Waals surface area contributed by atoms with Gasteiger partial charge >= 0.3 is 0 Å². The fourth-order valence-corrected chi connectivity index (χ4v) is 5.30. The first kappa shape index (κ1) is 13.4. The Hall–Kier alpha value is -1.28. The highest BCUT2D eigenvalue weighted by Crippen LogP contribution is 2.62. The standard InChI is InChI=1S/C19H26N2/c1-18(2)14-8-9-19(3,10-14)17(18)21-12-13-11-20-16-7-5-4-6-15(13)16/h4-7,11,14,17,20-21H,8-10,12H2,1-3H3. The van der Waals surface area contributed by atoms with Gasteiger partial charge in [-0.1, -0.05) is 39.0 Å². The van der Waals surface area contributed by atoms with Crippen molar-refractivity contribution in [1.82, 2.24) is 10.3 Å². The van der Waals surface area contributed by atoms with Crippen molar-refractivity contribution < 1.29 is 0 Å². The zero-order chi connectivity index (χ0) is 14.7. The summed E-state index contributed by atoms with van der Waals surface area (Å²) in [6.07, 6.45) is 6.40. The Labute approximate surface area is 127 Å². The van der Waals surface area contributed by atoms with Crippen LogP contribution in [0.3, 0.4) is 0 Å². The Bertz CT molecular complexity index is 664. The number of hydrogen-bond acceptors (Lipinski definition) is 1. The van der Waals surface area contributed by atoms with Crippen molar-refractivity contribution in [1.29, 1.82) is 0 Å². The summed E-state index contributed by atoms with van der Waals surface area (Å²) >= 11 is 0. The maximum Gasteiger partial charge on any atom is 0.0457 e. The lowest BCUT2D eigenvalue weighted by atomic mass is 9.68. The fourth-order valence-electron chi connectivity index (χ4n) is 5.30. The van der Waals surface area contributed by atoms with Gasteiger partial charge in [0.1, 0.15) is 0 Å². The molecule has 4 rings (SSSR count). The van der Waals surface area contributed by atoms with Gasteiger partial charge in [0.2, 0.25) is 0 Å². The van der Waals surface area contributed by atoms with Gasteiger partial charge in [-0.05, 0) is 47.6 Å². The number of nitrogens with one attached hydrogen (secondary N) is 2. The highest BCUT2D eigenvalue weighted by molar-refractivity contribution is 5.82. The molecular formula is C19H26N2. The smallest absolute Gasteiger partial charge is 0.0457 e. The van der Waals surface area contributed by atoms with Crippen molar-refractivity contribution in [3.8, 4) is 0 Å². The maximum absolute atomic E-state index is 3.92. The van der Waals surface area contributed by atoms with Crippen LogP contribution < -0.4 is 5.32 Å². The molecule has 2 aliphatic rings. The van der Waals surface area contributed by atoms with Crippen LogP contribution in [0, 0.1) is 16.7 Å². The molecule has 112 valence electrons. The van der Waals surface area contributed by atoms with Gasteiger partial charge in [0.05, 0.1) is 0 Å². The van der Waals surface area contributed by atoms with Gasteiger partial charge in [0.15, 0.2) is 0 Å². The SMILES string of the molecule is CC12CCC(C1)C(C)(C)C2NCc1c[nH]c2ccccc12. The molecule has 2 heteroatoms. The molecule has 2 aliphatic carbocycles. The first-order valence-electron chi connectivity index (χ1n) is 8.29. The first-order chi connectivity index (χ1) is 10.0. The molecule has 21 heavy (non-hydrogen) atoms. The average Bonchev–Trinajstić information content (AvgIpc) is 3.08. The van der Waals surface area contributed by atoms with Crippen LogP contribution in [0.4, 0.5) is 0 Å². The van der Waals surface area contributed by atoms with E-state index in [1.54, 1.807) is 0 Å². The minimum absolute atomic E-state index is 0.430. The molecule has 2 bridgehead atoms. The van der Waals surface area contributed by atoms with Crippen LogP contribution in [0.2, 0.25) is 0 Å². The van der Waals surface area contributed by atoms with E-state index in [1.807, 2.05) is 0 Å². The molecule has 2 saturated carbocycles. The summed E-state index contributed by atoms with van der Waals surface area (Å²) in [5.74, 6) is 0.906. The molecule has 0 aliphatic heterocycles. The molecule has 0 amide bonds. The van der Waals surface area contributed by atoms with E-state index in [2.05, 4.69) is 61.5 Å². The van der Waals surface area contributed by atoms with E-state index in [1.165, 1.54) is 35.7 Å². The van der Waals surface area contributed by atoms with Crippen LogP contribution in [-0.2, 0) is 6.54 Å². The Morgan fingerprint density at radius 3 is 2.81 bits per heavy atom. The lowest BCUT2D eigenvalue weighted by Crippen LogP contribution is -2.49. The molecule has 2 nitrogen and oxygen atoms in total. The van der Waals surface area contributed by atoms with Gasteiger partial charge in [-0.15, -0.1) is 0 Å². The molecule has 1 aromatic heterocycles. The van der Waals surface area contributed by atoms with E-state index < -0.39 is 0 Å². The summed E-state index contributed by atoms with van der Waals surface area (Å²) in [6, 6.07) is 9.23. The molecule has 2 aromatic rings. The molecule has 0 saturated heterocycles. The summed E-state index contributed by atoms with van der Waals surface area (Å²) in [6.45, 7) is 8.40. The van der Waals surface area contributed by atoms with Crippen molar-refractivity contribution in [2.45, 2.75) is 52.6 Å². The molecule has 2 N–H and O–H groups in total. The number of rotatable bonds is 3. The average molecular weight is 282 g/mol. The molecule has 1 aromatic carbocycles. The highest BCUT2D eigenvalue weighted by atomic mass is 15.0. The van der Waals surface area contributed by atoms with Gasteiger partial charge in [-0.2, -0.15) is 0 Å². The van der Waals surface area contributed by atoms with E-state index >= 15 is 0 Å². The molecule has 3 unspecified atom stereocenters. The molecule has 2 fully saturated rings. The Kier molecular flexibility index (Phi) is 2.78. The maximum atomic E-state index is 3.92. The van der Waals surface area contributed by atoms with Crippen molar-refractivity contribution in [2.75, 3.05) is 0 Å². The summed E-state index contributed by atoms with van der Waals surface area (Å²) < 4.78 is 0. The minimum atomic E-state index is 0.430. The molecule has 0 spiro atoms. The third-order valence-electron chi connectivity index (χ3n) is 6.44. The van der Waals surface area contributed by atoms with Gasteiger partial charge < -0.3 is 10.3 Å². The van der Waals surface area contributed by atoms with Crippen molar-refractivity contribution in [2.24, 2.45) is 16.7 Å². The largest absolute Gasteiger partial charge is 0.361 e. The van der Waals surface area contributed by atoms with Gasteiger partial charge in [-0.25, -0.2) is 0 Å². The third-order valence-corrected chi connectivity index (χ3v) is 6.44. The van der Waals surface area contributed by atoms with Crippen LogP contribution in [0.25, 0.3) is 10.9 Å². The summed E-state index contributed by atoms with van der Waals surface area (Å²) in [7, 11) is 0. The number of H-pyrrole nitrogens is 1. The van der Waals surface area contributed by atoms with E-state index in [9.17, 15) is 0 Å². The monoisotopic (exact) mass is 282 g/mol. The number of aromatic nitrogens is 1. The normalized spacial score (nSPS) is 33.9. The lowest BCUT2D eigenvalue weighted by Gasteiger charge is -2.43. The molecule has 0 radical (unpaired) electrons. The Morgan fingerprint density at radius 2 is 2.05 bits per heavy atom. The number of fused-ring (bicyclic) bond motifs is 3. The van der Waals surface area contributed by atoms with Gasteiger partial charge in [0.25, 0.3) is 0 Å². The Morgan fingerprint density at radius 1 is 1.24 bits per heavy atom. The van der Waals surface area contributed by atoms with Crippen LogP contribution >= 0.6 is 0 Å². The topological polar surface area (TPSA) is 27.8 Å². The van der Waals surface area contributed by atoms with Crippen LogP contribution in [0.1, 0.15) is 45.6 Å². The van der Waals surface area contributed by atoms with Crippen LogP contribution in [0.5, 0.6) is 0 Å². The number of benzene rings is 1. The Balaban J connectivity index is 1.57. The second kappa shape index (κ2) is 4.36. The highest BCUT2D eigenvalue weighted by Gasteiger charge is 2.58. The number of para-hydroxylation sites is 1. The zero-order valence-electron chi connectivity index (χ0n) is 13.4. The van der Waals surface area contributed by atoms with E-state index in [0.29, 0.717) is 16.9 Å². The predicted molar refractivity (Wildman–Crippen MR) is 88.2 cm³/mol. The molecular weight excluding hydrogens is 256 g/mol. The van der Waals surface area contributed by atoms with Crippen LogP contribution in [-0.4, -0.2) is 11.0 Å². The second-order valence-corrected chi connectivity index (χ2v) is 8.09. The van der Waals surface area contributed by atoms with E-state index in [0.717, 1.165) is 12.5 Å². The summed E-state index contributed by atoms with van der Waals surface area (Å²) in [5.41, 5.74) is 3.57. The van der Waals surface area contributed by atoms with Gasteiger partial charge in [-0.3, -0.25) is 0 Å².